The van der Waals surface area contributed by atoms with Gasteiger partial charge in [-0.2, -0.15) is 0 Å². The summed E-state index contributed by atoms with van der Waals surface area (Å²) in [6.07, 6.45) is 32.7. The van der Waals surface area contributed by atoms with Crippen molar-refractivity contribution in [3.63, 3.8) is 0 Å². The zero-order chi connectivity index (χ0) is 31.5. The molecule has 0 aromatic heterocycles. The molecule has 0 heterocycles. The van der Waals surface area contributed by atoms with Crippen molar-refractivity contribution in [2.75, 3.05) is 0 Å². The topological polar surface area (TPSA) is 40.5 Å². The molecular weight excluding hydrogens is 512 g/mol. The van der Waals surface area contributed by atoms with E-state index < -0.39 is 0 Å². The fourth-order valence-corrected chi connectivity index (χ4v) is 5.64. The minimum absolute atomic E-state index is 0.203. The lowest BCUT2D eigenvalue weighted by molar-refractivity contribution is 0.0606. The first-order chi connectivity index (χ1) is 19.7. The SMILES string of the molecule is CC1=C(/C=C/C(C)=C/C=C/C(C)=C/C=C/C=C(C)/C=C/C=C(C)/C=C/C2=C(C)CC[C@H](O)C2(C)C)C(C)(C)[C@H](O)CC1. The van der Waals surface area contributed by atoms with Gasteiger partial charge < -0.3 is 10.2 Å². The molecule has 2 aliphatic rings. The van der Waals surface area contributed by atoms with Gasteiger partial charge in [0, 0.05) is 10.8 Å². The normalized spacial score (nSPS) is 25.0. The molecule has 0 spiro atoms. The highest BCUT2D eigenvalue weighted by Gasteiger charge is 2.35. The average Bonchev–Trinajstić information content (AvgIpc) is 2.91. The minimum atomic E-state index is -0.285. The van der Waals surface area contributed by atoms with Crippen molar-refractivity contribution in [1.82, 2.24) is 0 Å². The predicted octanol–water partition coefficient (Wildman–Crippen LogP) is 10.5. The fourth-order valence-electron chi connectivity index (χ4n) is 5.64. The number of hydrogen-bond acceptors (Lipinski definition) is 2. The van der Waals surface area contributed by atoms with E-state index in [4.69, 9.17) is 0 Å². The first-order valence-corrected chi connectivity index (χ1v) is 15.5. The van der Waals surface area contributed by atoms with E-state index in [1.807, 2.05) is 0 Å². The quantitative estimate of drug-likeness (QED) is 0.257. The third-order valence-electron chi connectivity index (χ3n) is 8.85. The van der Waals surface area contributed by atoms with Crippen LogP contribution in [0.15, 0.2) is 130 Å². The second-order valence-corrected chi connectivity index (χ2v) is 13.4. The van der Waals surface area contributed by atoms with Gasteiger partial charge in [0.05, 0.1) is 12.2 Å². The molecule has 2 N–H and O–H groups in total. The van der Waals surface area contributed by atoms with Crippen molar-refractivity contribution >= 4 is 0 Å². The van der Waals surface area contributed by atoms with Crippen LogP contribution in [0.25, 0.3) is 0 Å². The summed E-state index contributed by atoms with van der Waals surface area (Å²) in [7, 11) is 0. The van der Waals surface area contributed by atoms with Crippen LogP contribution in [-0.4, -0.2) is 22.4 Å². The van der Waals surface area contributed by atoms with E-state index >= 15 is 0 Å². The van der Waals surface area contributed by atoms with Crippen LogP contribution in [0, 0.1) is 10.8 Å². The standard InChI is InChI=1S/C40H56O2/c1-29(17-13-19-31(3)21-25-35-33(5)23-27-37(41)39(35,7)8)15-11-12-16-30(2)18-14-20-32(4)22-26-36-34(6)24-28-38(42)40(36,9)10/h11-22,25-26,37-38,41-42H,23-24,27-28H2,1-10H3/b12-11+,17-13+,18-14+,25-21+,26-22+,29-15+,30-16+,31-19+,32-20+/t37-,38+. The van der Waals surface area contributed by atoms with Crippen LogP contribution in [0.3, 0.4) is 0 Å². The lowest BCUT2D eigenvalue weighted by atomic mass is 9.70. The summed E-state index contributed by atoms with van der Waals surface area (Å²) in [6, 6.07) is 0. The van der Waals surface area contributed by atoms with Gasteiger partial charge >= 0.3 is 0 Å². The maximum absolute atomic E-state index is 10.4. The number of allylic oxidation sites excluding steroid dienone is 20. The molecule has 2 heteroatoms. The van der Waals surface area contributed by atoms with E-state index in [9.17, 15) is 10.2 Å². The van der Waals surface area contributed by atoms with Crippen molar-refractivity contribution in [1.29, 1.82) is 0 Å². The maximum atomic E-state index is 10.4. The summed E-state index contributed by atoms with van der Waals surface area (Å²) >= 11 is 0. The lowest BCUT2D eigenvalue weighted by Gasteiger charge is -2.37. The Morgan fingerprint density at radius 1 is 0.548 bits per heavy atom. The number of aliphatic hydroxyl groups excluding tert-OH is 2. The zero-order valence-electron chi connectivity index (χ0n) is 28.0. The molecule has 42 heavy (non-hydrogen) atoms. The second kappa shape index (κ2) is 16.1. The Kier molecular flexibility index (Phi) is 13.5. The summed E-state index contributed by atoms with van der Waals surface area (Å²) < 4.78 is 0. The molecule has 0 saturated carbocycles. The molecule has 2 aliphatic carbocycles. The predicted molar refractivity (Wildman–Crippen MR) is 184 cm³/mol. The molecule has 0 radical (unpaired) electrons. The van der Waals surface area contributed by atoms with E-state index in [-0.39, 0.29) is 23.0 Å². The molecular formula is C40H56O2. The van der Waals surface area contributed by atoms with Crippen LogP contribution < -0.4 is 0 Å². The summed E-state index contributed by atoms with van der Waals surface area (Å²) in [5.74, 6) is 0. The Morgan fingerprint density at radius 2 is 0.857 bits per heavy atom. The Labute approximate surface area is 257 Å². The van der Waals surface area contributed by atoms with Gasteiger partial charge in [-0.25, -0.2) is 0 Å². The molecule has 0 saturated heterocycles. The molecule has 2 nitrogen and oxygen atoms in total. The Balaban J connectivity index is 1.91. The number of hydrogen-bond donors (Lipinski definition) is 2. The van der Waals surface area contributed by atoms with Crippen molar-refractivity contribution in [2.24, 2.45) is 10.8 Å². The Bertz CT molecular complexity index is 1190. The summed E-state index contributed by atoms with van der Waals surface area (Å²) in [4.78, 5) is 0. The van der Waals surface area contributed by atoms with Gasteiger partial charge in [-0.1, -0.05) is 146 Å². The molecule has 0 amide bonds. The third-order valence-corrected chi connectivity index (χ3v) is 8.85. The van der Waals surface area contributed by atoms with Crippen molar-refractivity contribution < 1.29 is 10.2 Å². The first-order valence-electron chi connectivity index (χ1n) is 15.5. The molecule has 228 valence electrons. The lowest BCUT2D eigenvalue weighted by Crippen LogP contribution is -2.34. The molecule has 2 rings (SSSR count). The van der Waals surface area contributed by atoms with Crippen LogP contribution in [0.2, 0.25) is 0 Å². The summed E-state index contributed by atoms with van der Waals surface area (Å²) in [6.45, 7) is 21.3. The molecule has 0 aromatic carbocycles. The highest BCUT2D eigenvalue weighted by atomic mass is 16.3. The van der Waals surface area contributed by atoms with Gasteiger partial charge in [0.25, 0.3) is 0 Å². The van der Waals surface area contributed by atoms with Crippen LogP contribution in [0.1, 0.15) is 94.9 Å². The van der Waals surface area contributed by atoms with E-state index in [2.05, 4.69) is 154 Å². The van der Waals surface area contributed by atoms with E-state index in [1.54, 1.807) is 0 Å². The van der Waals surface area contributed by atoms with Gasteiger partial charge in [-0.15, -0.1) is 0 Å². The molecule has 0 aromatic rings. The maximum Gasteiger partial charge on any atom is 0.0634 e. The minimum Gasteiger partial charge on any atom is -0.392 e. The fraction of sp³-hybridized carbons (Fsp3) is 0.450. The number of aliphatic hydroxyl groups is 2. The smallest absolute Gasteiger partial charge is 0.0634 e. The zero-order valence-corrected chi connectivity index (χ0v) is 28.0. The monoisotopic (exact) mass is 568 g/mol. The largest absolute Gasteiger partial charge is 0.392 e. The van der Waals surface area contributed by atoms with Crippen LogP contribution in [0.5, 0.6) is 0 Å². The van der Waals surface area contributed by atoms with Gasteiger partial charge in [0.15, 0.2) is 0 Å². The summed E-state index contributed by atoms with van der Waals surface area (Å²) in [5, 5.41) is 20.9. The van der Waals surface area contributed by atoms with Crippen LogP contribution in [0.4, 0.5) is 0 Å². The van der Waals surface area contributed by atoms with Gasteiger partial charge in [0.2, 0.25) is 0 Å². The van der Waals surface area contributed by atoms with E-state index in [0.29, 0.717) is 0 Å². The van der Waals surface area contributed by atoms with E-state index in [1.165, 1.54) is 44.6 Å². The molecule has 0 aliphatic heterocycles. The van der Waals surface area contributed by atoms with Crippen molar-refractivity contribution in [2.45, 2.75) is 107 Å². The Morgan fingerprint density at radius 3 is 1.21 bits per heavy atom. The van der Waals surface area contributed by atoms with Crippen molar-refractivity contribution in [3.8, 4) is 0 Å². The average molecular weight is 569 g/mol. The molecule has 2 atom stereocenters. The highest BCUT2D eigenvalue weighted by Crippen LogP contribution is 2.42. The highest BCUT2D eigenvalue weighted by molar-refractivity contribution is 5.40. The van der Waals surface area contributed by atoms with E-state index in [0.717, 1.165) is 25.7 Å². The molecule has 0 unspecified atom stereocenters. The van der Waals surface area contributed by atoms with Crippen LogP contribution in [-0.2, 0) is 0 Å². The van der Waals surface area contributed by atoms with Gasteiger partial charge in [-0.05, 0) is 78.4 Å². The number of rotatable bonds is 10. The molecule has 0 bridgehead atoms. The Hall–Kier alpha value is -2.94. The van der Waals surface area contributed by atoms with Crippen molar-refractivity contribution in [3.05, 3.63) is 130 Å². The van der Waals surface area contributed by atoms with Gasteiger partial charge in [0.1, 0.15) is 0 Å². The second-order valence-electron chi connectivity index (χ2n) is 13.4. The molecule has 0 fully saturated rings. The third kappa shape index (κ3) is 10.4. The summed E-state index contributed by atoms with van der Waals surface area (Å²) in [5.41, 5.74) is 9.59. The van der Waals surface area contributed by atoms with Gasteiger partial charge in [-0.3, -0.25) is 0 Å². The van der Waals surface area contributed by atoms with Crippen LogP contribution >= 0.6 is 0 Å². The first kappa shape index (κ1) is 35.3.